The summed E-state index contributed by atoms with van der Waals surface area (Å²) in [4.78, 5) is 11.3. The molecule has 0 fully saturated rings. The van der Waals surface area contributed by atoms with Gasteiger partial charge in [0.2, 0.25) is 0 Å². The van der Waals surface area contributed by atoms with Gasteiger partial charge in [0.25, 0.3) is 0 Å². The summed E-state index contributed by atoms with van der Waals surface area (Å²) in [5, 5.41) is 1.20. The van der Waals surface area contributed by atoms with E-state index in [-0.39, 0.29) is 0 Å². The van der Waals surface area contributed by atoms with Gasteiger partial charge in [-0.05, 0) is 23.7 Å². The van der Waals surface area contributed by atoms with Crippen molar-refractivity contribution in [1.29, 1.82) is 0 Å². The van der Waals surface area contributed by atoms with Gasteiger partial charge in [-0.1, -0.05) is 11.6 Å². The normalized spacial score (nSPS) is 10.4. The summed E-state index contributed by atoms with van der Waals surface area (Å²) in [6.45, 7) is 0. The van der Waals surface area contributed by atoms with Gasteiger partial charge in [0, 0.05) is 5.39 Å². The molecule has 5 heteroatoms. The Morgan fingerprint density at radius 3 is 3.07 bits per heavy atom. The van der Waals surface area contributed by atoms with E-state index in [1.165, 1.54) is 18.6 Å². The minimum absolute atomic E-state index is 0.377. The van der Waals surface area contributed by atoms with Crippen molar-refractivity contribution in [1.82, 2.24) is 4.37 Å². The Morgan fingerprint density at radius 2 is 2.36 bits per heavy atom. The molecule has 1 aromatic carbocycles. The Bertz CT molecular complexity index is 495. The van der Waals surface area contributed by atoms with E-state index in [2.05, 4.69) is 9.11 Å². The number of carbonyl (C=O) groups excluding carboxylic acids is 1. The van der Waals surface area contributed by atoms with Crippen LogP contribution in [-0.2, 0) is 4.74 Å². The fourth-order valence-electron chi connectivity index (χ4n) is 1.18. The summed E-state index contributed by atoms with van der Waals surface area (Å²) < 4.78 is 9.56. The highest BCUT2D eigenvalue weighted by Gasteiger charge is 2.13. The van der Waals surface area contributed by atoms with Gasteiger partial charge in [0.1, 0.15) is 0 Å². The molecular weight excluding hydrogens is 222 g/mol. The zero-order valence-corrected chi connectivity index (χ0v) is 8.85. The average molecular weight is 228 g/mol. The van der Waals surface area contributed by atoms with Crippen LogP contribution in [0.4, 0.5) is 0 Å². The van der Waals surface area contributed by atoms with Crippen LogP contribution in [0.15, 0.2) is 18.3 Å². The van der Waals surface area contributed by atoms with E-state index in [9.17, 15) is 4.79 Å². The van der Waals surface area contributed by atoms with Crippen molar-refractivity contribution in [3.8, 4) is 0 Å². The standard InChI is InChI=1S/C9H6ClNO2S/c1-13-9(12)5-2-3-7-6(8(5)10)4-11-14-7/h2-4H,1H3. The van der Waals surface area contributed by atoms with E-state index in [0.29, 0.717) is 10.6 Å². The van der Waals surface area contributed by atoms with E-state index >= 15 is 0 Å². The number of aromatic nitrogens is 1. The molecule has 0 spiro atoms. The van der Waals surface area contributed by atoms with Crippen LogP contribution in [0, 0.1) is 0 Å². The molecule has 2 rings (SSSR count). The lowest BCUT2D eigenvalue weighted by Gasteiger charge is -2.01. The van der Waals surface area contributed by atoms with Crippen LogP contribution in [0.25, 0.3) is 10.1 Å². The first-order valence-electron chi connectivity index (χ1n) is 3.85. The number of fused-ring (bicyclic) bond motifs is 1. The molecule has 1 heterocycles. The number of hydrogen-bond donors (Lipinski definition) is 0. The van der Waals surface area contributed by atoms with E-state index in [1.807, 2.05) is 6.07 Å². The van der Waals surface area contributed by atoms with Gasteiger partial charge in [-0.2, -0.15) is 4.37 Å². The van der Waals surface area contributed by atoms with Gasteiger partial charge in [-0.25, -0.2) is 4.79 Å². The van der Waals surface area contributed by atoms with Crippen LogP contribution in [-0.4, -0.2) is 17.5 Å². The van der Waals surface area contributed by atoms with Crippen LogP contribution in [0.3, 0.4) is 0 Å². The quantitative estimate of drug-likeness (QED) is 0.704. The number of benzene rings is 1. The van der Waals surface area contributed by atoms with Crippen molar-refractivity contribution in [2.24, 2.45) is 0 Å². The second-order valence-electron chi connectivity index (χ2n) is 2.66. The molecule has 0 aliphatic rings. The molecule has 14 heavy (non-hydrogen) atoms. The Hall–Kier alpha value is -1.13. The van der Waals surface area contributed by atoms with Crippen LogP contribution in [0.5, 0.6) is 0 Å². The van der Waals surface area contributed by atoms with Crippen molar-refractivity contribution in [2.45, 2.75) is 0 Å². The van der Waals surface area contributed by atoms with Crippen LogP contribution >= 0.6 is 23.1 Å². The Labute approximate surface area is 89.4 Å². The highest BCUT2D eigenvalue weighted by molar-refractivity contribution is 7.13. The smallest absolute Gasteiger partial charge is 0.339 e. The van der Waals surface area contributed by atoms with Gasteiger partial charge in [-0.3, -0.25) is 0 Å². The molecular formula is C9H6ClNO2S. The van der Waals surface area contributed by atoms with E-state index in [0.717, 1.165) is 10.1 Å². The first kappa shape index (κ1) is 9.43. The number of carbonyl (C=O) groups is 1. The summed E-state index contributed by atoms with van der Waals surface area (Å²) in [7, 11) is 1.33. The highest BCUT2D eigenvalue weighted by Crippen LogP contribution is 2.29. The van der Waals surface area contributed by atoms with Crippen LogP contribution in [0.1, 0.15) is 10.4 Å². The third-order valence-corrected chi connectivity index (χ3v) is 3.05. The molecule has 0 radical (unpaired) electrons. The number of hydrogen-bond acceptors (Lipinski definition) is 4. The van der Waals surface area contributed by atoms with Crippen molar-refractivity contribution in [3.63, 3.8) is 0 Å². The molecule has 1 aromatic heterocycles. The van der Waals surface area contributed by atoms with Gasteiger partial charge >= 0.3 is 5.97 Å². The number of ether oxygens (including phenoxy) is 1. The van der Waals surface area contributed by atoms with Gasteiger partial charge in [0.05, 0.1) is 28.6 Å². The highest BCUT2D eigenvalue weighted by atomic mass is 35.5. The molecule has 0 saturated carbocycles. The summed E-state index contributed by atoms with van der Waals surface area (Å²) in [5.74, 6) is -0.428. The number of nitrogens with zero attached hydrogens (tertiary/aromatic N) is 1. The lowest BCUT2D eigenvalue weighted by molar-refractivity contribution is 0.0601. The first-order valence-corrected chi connectivity index (χ1v) is 5.00. The third kappa shape index (κ3) is 1.36. The molecule has 0 amide bonds. The molecule has 0 aliphatic carbocycles. The van der Waals surface area contributed by atoms with Crippen molar-refractivity contribution in [3.05, 3.63) is 28.9 Å². The predicted molar refractivity (Wildman–Crippen MR) is 56.0 cm³/mol. The molecule has 0 N–H and O–H groups in total. The first-order chi connectivity index (χ1) is 6.74. The monoisotopic (exact) mass is 227 g/mol. The SMILES string of the molecule is COC(=O)c1ccc2sncc2c1Cl. The lowest BCUT2D eigenvalue weighted by atomic mass is 10.2. The Balaban J connectivity index is 2.67. The largest absolute Gasteiger partial charge is 0.465 e. The van der Waals surface area contributed by atoms with E-state index in [1.54, 1.807) is 12.3 Å². The van der Waals surface area contributed by atoms with Gasteiger partial charge in [-0.15, -0.1) is 0 Å². The van der Waals surface area contributed by atoms with E-state index < -0.39 is 5.97 Å². The molecule has 0 atom stereocenters. The van der Waals surface area contributed by atoms with Gasteiger partial charge < -0.3 is 4.74 Å². The number of esters is 1. The Morgan fingerprint density at radius 1 is 1.57 bits per heavy atom. The fourth-order valence-corrected chi connectivity index (χ4v) is 2.18. The third-order valence-electron chi connectivity index (χ3n) is 1.88. The minimum Gasteiger partial charge on any atom is -0.465 e. The maximum Gasteiger partial charge on any atom is 0.339 e. The minimum atomic E-state index is -0.428. The second kappa shape index (κ2) is 3.55. The molecule has 0 aliphatic heterocycles. The lowest BCUT2D eigenvalue weighted by Crippen LogP contribution is -2.01. The number of methoxy groups -OCH3 is 1. The summed E-state index contributed by atoms with van der Waals surface area (Å²) >= 11 is 7.37. The maximum atomic E-state index is 11.3. The number of halogens is 1. The molecule has 0 unspecified atom stereocenters. The topological polar surface area (TPSA) is 39.2 Å². The summed E-state index contributed by atoms with van der Waals surface area (Å²) in [6, 6.07) is 3.46. The van der Waals surface area contributed by atoms with Crippen LogP contribution < -0.4 is 0 Å². The fraction of sp³-hybridized carbons (Fsp3) is 0.111. The van der Waals surface area contributed by atoms with Crippen molar-refractivity contribution < 1.29 is 9.53 Å². The maximum absolute atomic E-state index is 11.3. The van der Waals surface area contributed by atoms with Gasteiger partial charge in [0.15, 0.2) is 0 Å². The molecule has 0 bridgehead atoms. The predicted octanol–water partition coefficient (Wildman–Crippen LogP) is 2.74. The average Bonchev–Trinajstić information content (AvgIpc) is 2.66. The Kier molecular flexibility index (Phi) is 2.39. The zero-order valence-electron chi connectivity index (χ0n) is 7.28. The summed E-state index contributed by atoms with van der Waals surface area (Å²) in [6.07, 6.45) is 1.65. The molecule has 72 valence electrons. The van der Waals surface area contributed by atoms with Crippen LogP contribution in [0.2, 0.25) is 5.02 Å². The second-order valence-corrected chi connectivity index (χ2v) is 3.87. The van der Waals surface area contributed by atoms with E-state index in [4.69, 9.17) is 11.6 Å². The zero-order chi connectivity index (χ0) is 10.1. The number of rotatable bonds is 1. The van der Waals surface area contributed by atoms with Crippen molar-refractivity contribution >= 4 is 39.2 Å². The summed E-state index contributed by atoms with van der Waals surface area (Å²) in [5.41, 5.74) is 0.377. The molecule has 3 nitrogen and oxygen atoms in total. The molecule has 2 aromatic rings. The molecule has 0 saturated heterocycles. The van der Waals surface area contributed by atoms with Crippen molar-refractivity contribution in [2.75, 3.05) is 7.11 Å².